The van der Waals surface area contributed by atoms with E-state index in [-0.39, 0.29) is 0 Å². The molecule has 270 valence electrons. The van der Waals surface area contributed by atoms with Crippen LogP contribution >= 0.6 is 0 Å². The Bertz CT molecular complexity index is 2930. The van der Waals surface area contributed by atoms with Gasteiger partial charge in [0.05, 0.1) is 16.7 Å². The Balaban J connectivity index is 1.10. The van der Waals surface area contributed by atoms with Crippen molar-refractivity contribution >= 4 is 38.8 Å². The maximum absolute atomic E-state index is 5.32. The molecular formula is C54H39N3. The summed E-state index contributed by atoms with van der Waals surface area (Å²) in [4.78, 5) is 7.71. The summed E-state index contributed by atoms with van der Waals surface area (Å²) in [7, 11) is 0. The average molecular weight is 730 g/mol. The van der Waals surface area contributed by atoms with Gasteiger partial charge in [0.25, 0.3) is 0 Å². The Labute approximate surface area is 333 Å². The van der Waals surface area contributed by atoms with Crippen molar-refractivity contribution in [2.24, 2.45) is 0 Å². The SMILES string of the molecule is C=C1/C=C\C=C/CN(c2cccc(-c3ccccc3)c2)c2ccc(-c3ccc4c(c3)c3ccccc3n4-c3cc(-c4ccccc4)cc(-c4ccccc4)n3)cc21. The molecule has 0 unspecified atom stereocenters. The lowest BCUT2D eigenvalue weighted by molar-refractivity contribution is 1.08. The van der Waals surface area contributed by atoms with Gasteiger partial charge in [-0.15, -0.1) is 0 Å². The number of aromatic nitrogens is 2. The van der Waals surface area contributed by atoms with E-state index in [1.807, 2.05) is 6.07 Å². The molecule has 3 nitrogen and oxygen atoms in total. The molecular weight excluding hydrogens is 691 g/mol. The largest absolute Gasteiger partial charge is 0.337 e. The van der Waals surface area contributed by atoms with E-state index in [2.05, 4.69) is 222 Å². The van der Waals surface area contributed by atoms with Crippen molar-refractivity contribution in [3.8, 4) is 50.5 Å². The highest BCUT2D eigenvalue weighted by atomic mass is 15.1. The van der Waals surface area contributed by atoms with Gasteiger partial charge >= 0.3 is 0 Å². The molecule has 0 saturated heterocycles. The lowest BCUT2D eigenvalue weighted by Crippen LogP contribution is -2.18. The molecule has 10 rings (SSSR count). The Morgan fingerprint density at radius 2 is 1.09 bits per heavy atom. The standard InChI is InChI=1S/C54H39N3/c1-38-17-6-5-15-32-56(46-25-16-24-42(33-46)39-18-7-2-8-19-39)51-30-28-43(34-48(38)51)44-29-31-53-49(35-44)47-26-13-14-27-52(47)57(53)54-37-45(40-20-9-3-10-21-40)36-50(55-54)41-22-11-4-12-23-41/h2-31,33-37H,1,32H2/b15-5-,17-6-. The van der Waals surface area contributed by atoms with Gasteiger partial charge in [-0.25, -0.2) is 4.98 Å². The second-order valence-electron chi connectivity index (χ2n) is 14.5. The van der Waals surface area contributed by atoms with Crippen LogP contribution in [0.15, 0.2) is 219 Å². The molecule has 2 aromatic heterocycles. The summed E-state index contributed by atoms with van der Waals surface area (Å²) >= 11 is 0. The summed E-state index contributed by atoms with van der Waals surface area (Å²) in [5, 5.41) is 2.37. The van der Waals surface area contributed by atoms with Crippen LogP contribution in [-0.4, -0.2) is 16.1 Å². The zero-order valence-corrected chi connectivity index (χ0v) is 31.5. The van der Waals surface area contributed by atoms with Gasteiger partial charge in [0.15, 0.2) is 0 Å². The van der Waals surface area contributed by atoms with Crippen molar-refractivity contribution in [1.82, 2.24) is 9.55 Å². The Kier molecular flexibility index (Phi) is 8.74. The van der Waals surface area contributed by atoms with E-state index in [0.29, 0.717) is 0 Å². The van der Waals surface area contributed by atoms with Crippen molar-refractivity contribution in [2.75, 3.05) is 11.4 Å². The molecule has 57 heavy (non-hydrogen) atoms. The Hall–Kier alpha value is -7.49. The molecule has 0 N–H and O–H groups in total. The maximum Gasteiger partial charge on any atom is 0.138 e. The van der Waals surface area contributed by atoms with Gasteiger partial charge in [0, 0.05) is 39.8 Å². The molecule has 0 aliphatic carbocycles. The van der Waals surface area contributed by atoms with Crippen LogP contribution in [0.2, 0.25) is 0 Å². The number of hydrogen-bond acceptors (Lipinski definition) is 2. The minimum absolute atomic E-state index is 0.735. The highest BCUT2D eigenvalue weighted by Gasteiger charge is 2.19. The number of anilines is 2. The molecule has 0 atom stereocenters. The van der Waals surface area contributed by atoms with Crippen LogP contribution in [0, 0.1) is 0 Å². The number of pyridine rings is 1. The molecule has 3 heterocycles. The quantitative estimate of drug-likeness (QED) is 0.170. The average Bonchev–Trinajstić information content (AvgIpc) is 3.65. The molecule has 9 aromatic rings. The van der Waals surface area contributed by atoms with E-state index in [9.17, 15) is 0 Å². The zero-order chi connectivity index (χ0) is 38.1. The number of fused-ring (bicyclic) bond motifs is 4. The number of allylic oxidation sites excluding steroid dienone is 4. The number of benzene rings is 7. The molecule has 0 bridgehead atoms. The first-order valence-electron chi connectivity index (χ1n) is 19.4. The van der Waals surface area contributed by atoms with E-state index in [1.54, 1.807) is 0 Å². The van der Waals surface area contributed by atoms with E-state index in [0.717, 1.165) is 79.4 Å². The van der Waals surface area contributed by atoms with Crippen molar-refractivity contribution in [1.29, 1.82) is 0 Å². The molecule has 0 fully saturated rings. The van der Waals surface area contributed by atoms with Crippen molar-refractivity contribution in [3.63, 3.8) is 0 Å². The molecule has 0 radical (unpaired) electrons. The van der Waals surface area contributed by atoms with E-state index in [4.69, 9.17) is 4.98 Å². The van der Waals surface area contributed by atoms with E-state index < -0.39 is 0 Å². The predicted octanol–water partition coefficient (Wildman–Crippen LogP) is 14.1. The third-order valence-corrected chi connectivity index (χ3v) is 11.0. The first kappa shape index (κ1) is 34.0. The summed E-state index contributed by atoms with van der Waals surface area (Å²) in [6.45, 7) is 5.29. The molecule has 7 aromatic carbocycles. The predicted molar refractivity (Wildman–Crippen MR) is 241 cm³/mol. The molecule has 3 heteroatoms. The van der Waals surface area contributed by atoms with Crippen molar-refractivity contribution in [2.45, 2.75) is 0 Å². The van der Waals surface area contributed by atoms with Gasteiger partial charge in [-0.2, -0.15) is 0 Å². The lowest BCUT2D eigenvalue weighted by Gasteiger charge is -2.27. The molecule has 0 saturated carbocycles. The van der Waals surface area contributed by atoms with Crippen LogP contribution in [0.3, 0.4) is 0 Å². The van der Waals surface area contributed by atoms with Crippen molar-refractivity contribution < 1.29 is 0 Å². The molecule has 1 aliphatic heterocycles. The fourth-order valence-corrected chi connectivity index (χ4v) is 8.13. The Morgan fingerprint density at radius 1 is 0.456 bits per heavy atom. The van der Waals surface area contributed by atoms with Gasteiger partial charge in [-0.1, -0.05) is 164 Å². The fraction of sp³-hybridized carbons (Fsp3) is 0.0185. The summed E-state index contributed by atoms with van der Waals surface area (Å²) in [5.74, 6) is 0.888. The number of rotatable bonds is 6. The van der Waals surface area contributed by atoms with Crippen LogP contribution in [0.25, 0.3) is 77.8 Å². The van der Waals surface area contributed by atoms with Gasteiger partial charge in [0.2, 0.25) is 0 Å². The lowest BCUT2D eigenvalue weighted by atomic mass is 9.96. The molecule has 0 spiro atoms. The number of hydrogen-bond donors (Lipinski definition) is 0. The highest BCUT2D eigenvalue weighted by molar-refractivity contribution is 6.10. The van der Waals surface area contributed by atoms with Crippen molar-refractivity contribution in [3.05, 3.63) is 225 Å². The van der Waals surface area contributed by atoms with Gasteiger partial charge in [-0.3, -0.25) is 4.57 Å². The summed E-state index contributed by atoms with van der Waals surface area (Å²) in [6, 6.07) is 67.2. The smallest absolute Gasteiger partial charge is 0.138 e. The number of para-hydroxylation sites is 1. The molecule has 0 amide bonds. The van der Waals surface area contributed by atoms with Crippen LogP contribution < -0.4 is 4.90 Å². The first-order valence-corrected chi connectivity index (χ1v) is 19.4. The van der Waals surface area contributed by atoms with Crippen LogP contribution in [0.4, 0.5) is 11.4 Å². The summed E-state index contributed by atoms with van der Waals surface area (Å²) in [5.41, 5.74) is 15.6. The monoisotopic (exact) mass is 729 g/mol. The van der Waals surface area contributed by atoms with E-state index in [1.165, 1.54) is 21.9 Å². The number of nitrogens with zero attached hydrogens (tertiary/aromatic N) is 3. The third-order valence-electron chi connectivity index (χ3n) is 11.0. The van der Waals surface area contributed by atoms with E-state index >= 15 is 0 Å². The van der Waals surface area contributed by atoms with Crippen LogP contribution in [-0.2, 0) is 0 Å². The van der Waals surface area contributed by atoms with Crippen LogP contribution in [0.5, 0.6) is 0 Å². The topological polar surface area (TPSA) is 21.1 Å². The fourth-order valence-electron chi connectivity index (χ4n) is 8.13. The summed E-state index contributed by atoms with van der Waals surface area (Å²) < 4.78 is 2.32. The van der Waals surface area contributed by atoms with Gasteiger partial charge in [0.1, 0.15) is 5.82 Å². The first-order chi connectivity index (χ1) is 28.2. The Morgan fingerprint density at radius 3 is 1.88 bits per heavy atom. The third kappa shape index (κ3) is 6.45. The van der Waals surface area contributed by atoms with Gasteiger partial charge < -0.3 is 4.90 Å². The summed E-state index contributed by atoms with van der Waals surface area (Å²) in [6.07, 6.45) is 8.52. The van der Waals surface area contributed by atoms with Gasteiger partial charge in [-0.05, 0) is 93.6 Å². The normalized spacial score (nSPS) is 13.8. The minimum Gasteiger partial charge on any atom is -0.337 e. The maximum atomic E-state index is 5.32. The molecule has 1 aliphatic rings. The highest BCUT2D eigenvalue weighted by Crippen LogP contribution is 2.40. The zero-order valence-electron chi connectivity index (χ0n) is 31.5. The second kappa shape index (κ2) is 14.6. The minimum atomic E-state index is 0.735. The van der Waals surface area contributed by atoms with Crippen LogP contribution in [0.1, 0.15) is 5.56 Å². The second-order valence-corrected chi connectivity index (χ2v) is 14.5.